The summed E-state index contributed by atoms with van der Waals surface area (Å²) in [5.41, 5.74) is 7.30. The van der Waals surface area contributed by atoms with Crippen LogP contribution in [0.2, 0.25) is 5.28 Å². The summed E-state index contributed by atoms with van der Waals surface area (Å²) < 4.78 is 38.5. The fourth-order valence-corrected chi connectivity index (χ4v) is 5.77. The monoisotopic (exact) mass is 600 g/mol. The van der Waals surface area contributed by atoms with Crippen LogP contribution in [-0.2, 0) is 30.0 Å². The molecule has 2 aromatic carbocycles. The van der Waals surface area contributed by atoms with Crippen LogP contribution in [0, 0.1) is 0 Å². The van der Waals surface area contributed by atoms with Gasteiger partial charge in [0.2, 0.25) is 5.28 Å². The van der Waals surface area contributed by atoms with E-state index in [1.807, 2.05) is 30.3 Å². The standard InChI is InChI=1S/C26H26ClN6O7P/c1-16(25(35)37-14-17-8-4-2-5-9-17)32-41(36,39-18-10-6-3-7-11-18)40-19-12-21(38-20(19)13-34)33-15-29-22-23(28)30-26(27)31-24(22)33/h2-11,15-16,21,34H,12-14H2,1H3,(H,32,36)(H2,28,30,31)/t16-,21+,41?/m0/s1. The van der Waals surface area contributed by atoms with Crippen LogP contribution in [0.15, 0.2) is 78.5 Å². The maximum absolute atomic E-state index is 14.1. The number of para-hydroxylation sites is 1. The number of nitrogens with two attached hydrogens (primary N) is 1. The molecule has 4 aromatic rings. The Labute approximate surface area is 239 Å². The van der Waals surface area contributed by atoms with E-state index in [0.717, 1.165) is 5.56 Å². The molecule has 0 bridgehead atoms. The molecular weight excluding hydrogens is 575 g/mol. The van der Waals surface area contributed by atoms with Crippen molar-refractivity contribution in [2.75, 3.05) is 12.3 Å². The molecule has 13 nitrogen and oxygen atoms in total. The summed E-state index contributed by atoms with van der Waals surface area (Å²) in [5.74, 6) is -0.337. The SMILES string of the molecule is C[C@H](NP(=O)(OC1=C(CO)O[C@@H](n2cnc3c(N)nc(Cl)nc32)C1)Oc1ccccc1)C(=O)OCc1ccccc1. The number of carbonyl (C=O) groups excluding carboxylic acids is 1. The quantitative estimate of drug-likeness (QED) is 0.128. The van der Waals surface area contributed by atoms with Gasteiger partial charge in [-0.3, -0.25) is 9.36 Å². The van der Waals surface area contributed by atoms with E-state index in [1.54, 1.807) is 30.3 Å². The Morgan fingerprint density at radius 1 is 1.20 bits per heavy atom. The molecule has 0 aliphatic carbocycles. The Hall–Kier alpha value is -4.16. The second-order valence-electron chi connectivity index (χ2n) is 8.92. The lowest BCUT2D eigenvalue weighted by Crippen LogP contribution is -2.35. The van der Waals surface area contributed by atoms with Gasteiger partial charge in [-0.1, -0.05) is 48.5 Å². The second-order valence-corrected chi connectivity index (χ2v) is 10.9. The summed E-state index contributed by atoms with van der Waals surface area (Å²) in [6, 6.07) is 16.3. The van der Waals surface area contributed by atoms with E-state index in [2.05, 4.69) is 20.0 Å². The number of carbonyl (C=O) groups is 1. The van der Waals surface area contributed by atoms with E-state index in [1.165, 1.54) is 17.8 Å². The third kappa shape index (κ3) is 6.60. The van der Waals surface area contributed by atoms with E-state index in [4.69, 9.17) is 35.9 Å². The van der Waals surface area contributed by atoms with E-state index in [-0.39, 0.29) is 41.4 Å². The summed E-state index contributed by atoms with van der Waals surface area (Å²) in [7, 11) is -4.31. The fraction of sp³-hybridized carbons (Fsp3) is 0.231. The maximum atomic E-state index is 14.1. The average Bonchev–Trinajstić information content (AvgIpc) is 3.56. The molecule has 0 saturated carbocycles. The molecule has 214 valence electrons. The van der Waals surface area contributed by atoms with E-state index in [9.17, 15) is 14.5 Å². The molecule has 0 radical (unpaired) electrons. The van der Waals surface area contributed by atoms with Crippen LogP contribution < -0.4 is 15.3 Å². The van der Waals surface area contributed by atoms with Crippen LogP contribution in [0.25, 0.3) is 11.2 Å². The molecule has 3 heterocycles. The first-order valence-corrected chi connectivity index (χ1v) is 14.3. The number of nitrogen functional groups attached to an aromatic ring is 1. The molecule has 1 unspecified atom stereocenters. The topological polar surface area (TPSA) is 173 Å². The summed E-state index contributed by atoms with van der Waals surface area (Å²) in [6.07, 6.45) is 0.623. The zero-order valence-electron chi connectivity index (χ0n) is 21.7. The normalized spacial score (nSPS) is 17.1. The number of imidazole rings is 1. The molecular formula is C26H26ClN6O7P. The van der Waals surface area contributed by atoms with Gasteiger partial charge in [-0.2, -0.15) is 15.1 Å². The number of fused-ring (bicyclic) bond motifs is 1. The zero-order chi connectivity index (χ0) is 29.0. The van der Waals surface area contributed by atoms with Crippen molar-refractivity contribution in [2.24, 2.45) is 0 Å². The minimum Gasteiger partial charge on any atom is -0.468 e. The number of esters is 1. The van der Waals surface area contributed by atoms with Crippen LogP contribution >= 0.6 is 19.3 Å². The molecule has 0 amide bonds. The zero-order valence-corrected chi connectivity index (χ0v) is 23.4. The molecule has 41 heavy (non-hydrogen) atoms. The lowest BCUT2D eigenvalue weighted by Gasteiger charge is -2.23. The molecule has 0 spiro atoms. The summed E-state index contributed by atoms with van der Waals surface area (Å²) in [5, 5.41) is 12.6. The summed E-state index contributed by atoms with van der Waals surface area (Å²) in [4.78, 5) is 25.0. The van der Waals surface area contributed by atoms with Gasteiger partial charge in [0.05, 0.1) is 6.42 Å². The van der Waals surface area contributed by atoms with Crippen LogP contribution in [0.5, 0.6) is 5.75 Å². The van der Waals surface area contributed by atoms with Crippen molar-refractivity contribution in [1.29, 1.82) is 0 Å². The molecule has 2 aromatic heterocycles. The number of aliphatic hydroxyl groups is 1. The predicted octanol–water partition coefficient (Wildman–Crippen LogP) is 4.11. The summed E-state index contributed by atoms with van der Waals surface area (Å²) >= 11 is 5.98. The van der Waals surface area contributed by atoms with E-state index < -0.39 is 32.6 Å². The van der Waals surface area contributed by atoms with Gasteiger partial charge in [-0.05, 0) is 36.2 Å². The number of aromatic nitrogens is 4. The van der Waals surface area contributed by atoms with Crippen LogP contribution in [0.3, 0.4) is 0 Å². The van der Waals surface area contributed by atoms with Gasteiger partial charge in [-0.15, -0.1) is 0 Å². The average molecular weight is 601 g/mol. The largest absolute Gasteiger partial charge is 0.513 e. The number of nitrogens with one attached hydrogen (secondary N) is 1. The van der Waals surface area contributed by atoms with Gasteiger partial charge in [-0.25, -0.2) is 9.55 Å². The minimum atomic E-state index is -4.31. The first kappa shape index (κ1) is 28.4. The molecule has 0 fully saturated rings. The Kier molecular flexibility index (Phi) is 8.41. The van der Waals surface area contributed by atoms with E-state index >= 15 is 0 Å². The number of rotatable bonds is 11. The Bertz CT molecular complexity index is 1620. The van der Waals surface area contributed by atoms with Gasteiger partial charge < -0.3 is 29.4 Å². The molecule has 1 aliphatic heterocycles. The van der Waals surface area contributed by atoms with Crippen LogP contribution in [0.1, 0.15) is 25.1 Å². The number of ether oxygens (including phenoxy) is 2. The van der Waals surface area contributed by atoms with Crippen molar-refractivity contribution in [3.63, 3.8) is 0 Å². The number of benzene rings is 2. The van der Waals surface area contributed by atoms with Crippen LogP contribution in [-0.4, -0.2) is 43.2 Å². The smallest absolute Gasteiger partial charge is 0.468 e. The number of hydrogen-bond donors (Lipinski definition) is 3. The number of anilines is 1. The van der Waals surface area contributed by atoms with Crippen molar-refractivity contribution in [3.8, 4) is 5.75 Å². The van der Waals surface area contributed by atoms with Crippen LogP contribution in [0.4, 0.5) is 5.82 Å². The number of aliphatic hydroxyl groups excluding tert-OH is 1. The molecule has 3 atom stereocenters. The highest BCUT2D eigenvalue weighted by Gasteiger charge is 2.39. The lowest BCUT2D eigenvalue weighted by atomic mass is 10.2. The third-order valence-corrected chi connectivity index (χ3v) is 7.74. The van der Waals surface area contributed by atoms with Gasteiger partial charge >= 0.3 is 13.7 Å². The summed E-state index contributed by atoms with van der Waals surface area (Å²) in [6.45, 7) is 0.928. The lowest BCUT2D eigenvalue weighted by molar-refractivity contribution is -0.146. The first-order chi connectivity index (χ1) is 19.7. The van der Waals surface area contributed by atoms with E-state index in [0.29, 0.717) is 11.2 Å². The number of nitrogens with zero attached hydrogens (tertiary/aromatic N) is 4. The fourth-order valence-electron chi connectivity index (χ4n) is 4.01. The molecule has 5 rings (SSSR count). The highest BCUT2D eigenvalue weighted by molar-refractivity contribution is 7.52. The van der Waals surface area contributed by atoms with Crippen molar-refractivity contribution in [3.05, 3.63) is 89.4 Å². The van der Waals surface area contributed by atoms with Crippen molar-refractivity contribution in [2.45, 2.75) is 32.2 Å². The third-order valence-electron chi connectivity index (χ3n) is 5.95. The molecule has 1 aliphatic rings. The van der Waals surface area contributed by atoms with Crippen molar-refractivity contribution in [1.82, 2.24) is 24.6 Å². The molecule has 15 heteroatoms. The van der Waals surface area contributed by atoms with Gasteiger partial charge in [0.1, 0.15) is 36.8 Å². The Balaban J connectivity index is 1.36. The van der Waals surface area contributed by atoms with Gasteiger partial charge in [0.25, 0.3) is 0 Å². The predicted molar refractivity (Wildman–Crippen MR) is 148 cm³/mol. The van der Waals surface area contributed by atoms with Gasteiger partial charge in [0, 0.05) is 0 Å². The highest BCUT2D eigenvalue weighted by atomic mass is 35.5. The Morgan fingerprint density at radius 2 is 1.90 bits per heavy atom. The maximum Gasteiger partial charge on any atom is 0.513 e. The molecule has 0 saturated heterocycles. The van der Waals surface area contributed by atoms with Crippen molar-refractivity contribution >= 4 is 42.3 Å². The minimum absolute atomic E-state index is 0.000462. The van der Waals surface area contributed by atoms with Crippen molar-refractivity contribution < 1.29 is 33.0 Å². The number of hydrogen-bond acceptors (Lipinski definition) is 11. The number of halogens is 1. The second kappa shape index (κ2) is 12.1. The van der Waals surface area contributed by atoms with Gasteiger partial charge in [0.15, 0.2) is 29.2 Å². The molecule has 4 N–H and O–H groups in total. The first-order valence-electron chi connectivity index (χ1n) is 12.4. The highest BCUT2D eigenvalue weighted by Crippen LogP contribution is 2.50. The Morgan fingerprint density at radius 3 is 2.61 bits per heavy atom.